The van der Waals surface area contributed by atoms with Gasteiger partial charge in [0.1, 0.15) is 47.7 Å². The Morgan fingerprint density at radius 1 is 1.17 bits per heavy atom. The van der Waals surface area contributed by atoms with E-state index in [1.807, 2.05) is 13.0 Å². The lowest BCUT2D eigenvalue weighted by atomic mass is 10.2. The molecule has 2 unspecified atom stereocenters. The number of carbonyl (C=O) groups excluding carboxylic acids is 1. The highest BCUT2D eigenvalue weighted by atomic mass is 19.1. The van der Waals surface area contributed by atoms with Crippen LogP contribution in [0.4, 0.5) is 14.9 Å². The summed E-state index contributed by atoms with van der Waals surface area (Å²) in [6.07, 6.45) is -0.622. The lowest BCUT2D eigenvalue weighted by molar-refractivity contribution is 0.0722. The number of carbonyl (C=O) groups is 1. The number of aryl methyl sites for hydroxylation is 3. The second kappa shape index (κ2) is 11.5. The number of halogens is 1. The van der Waals surface area contributed by atoms with E-state index in [2.05, 4.69) is 10.2 Å². The van der Waals surface area contributed by atoms with Gasteiger partial charge in [0, 0.05) is 25.7 Å². The maximum absolute atomic E-state index is 13.1. The van der Waals surface area contributed by atoms with Crippen molar-refractivity contribution in [1.29, 1.82) is 0 Å². The number of likely N-dealkylation sites (tertiary alicyclic amines) is 1. The molecule has 0 spiro atoms. The van der Waals surface area contributed by atoms with E-state index >= 15 is 0 Å². The van der Waals surface area contributed by atoms with Gasteiger partial charge >= 0.3 is 6.09 Å². The lowest BCUT2D eigenvalue weighted by Gasteiger charge is -2.21. The highest BCUT2D eigenvalue weighted by Crippen LogP contribution is 2.28. The standard InChI is InChI=1S/C27H31FN2O6/c1-17-4-9-24(29-27(32)36-25-13-18(2)34-19(25)3)26(12-17)33-16-21(31)14-30-11-10-23(15-30)35-22-7-5-20(28)6-8-22/h4-9,12-13,21,23,31H,10-11,14-16H2,1-3H3,(H,29,32). The first-order chi connectivity index (χ1) is 17.2. The number of aliphatic hydroxyl groups excluding tert-OH is 1. The molecule has 4 rings (SSSR count). The number of hydrogen-bond donors (Lipinski definition) is 2. The zero-order chi connectivity index (χ0) is 25.7. The third-order valence-electron chi connectivity index (χ3n) is 5.82. The molecular weight excluding hydrogens is 467 g/mol. The van der Waals surface area contributed by atoms with Crippen LogP contribution in [0.2, 0.25) is 0 Å². The summed E-state index contributed by atoms with van der Waals surface area (Å²) >= 11 is 0. The first kappa shape index (κ1) is 25.5. The predicted octanol–water partition coefficient (Wildman–Crippen LogP) is 4.85. The van der Waals surface area contributed by atoms with E-state index in [1.54, 1.807) is 44.2 Å². The number of aliphatic hydroxyl groups is 1. The minimum Gasteiger partial charge on any atom is -0.489 e. The van der Waals surface area contributed by atoms with Crippen LogP contribution in [0.1, 0.15) is 23.5 Å². The van der Waals surface area contributed by atoms with Crippen LogP contribution < -0.4 is 19.5 Å². The highest BCUT2D eigenvalue weighted by molar-refractivity contribution is 5.88. The number of ether oxygens (including phenoxy) is 3. The number of amides is 1. The van der Waals surface area contributed by atoms with E-state index in [4.69, 9.17) is 18.6 Å². The molecule has 2 N–H and O–H groups in total. The number of nitrogens with one attached hydrogen (secondary N) is 1. The average Bonchev–Trinajstić information content (AvgIpc) is 3.39. The molecule has 1 saturated heterocycles. The van der Waals surface area contributed by atoms with Gasteiger partial charge in [0.2, 0.25) is 0 Å². The van der Waals surface area contributed by atoms with E-state index < -0.39 is 12.2 Å². The van der Waals surface area contributed by atoms with Crippen molar-refractivity contribution in [2.24, 2.45) is 0 Å². The Morgan fingerprint density at radius 3 is 2.67 bits per heavy atom. The molecule has 9 heteroatoms. The summed E-state index contributed by atoms with van der Waals surface area (Å²) < 4.78 is 35.6. The Bertz CT molecular complexity index is 1180. The number of rotatable bonds is 9. The van der Waals surface area contributed by atoms with Crippen LogP contribution in [0.3, 0.4) is 0 Å². The third-order valence-corrected chi connectivity index (χ3v) is 5.82. The molecule has 2 aromatic carbocycles. The summed E-state index contributed by atoms with van der Waals surface area (Å²) in [5, 5.41) is 13.3. The van der Waals surface area contributed by atoms with Crippen LogP contribution in [-0.4, -0.2) is 54.5 Å². The molecule has 0 bridgehead atoms. The summed E-state index contributed by atoms with van der Waals surface area (Å²) in [6, 6.07) is 13.0. The fourth-order valence-corrected chi connectivity index (χ4v) is 4.10. The van der Waals surface area contributed by atoms with Crippen molar-refractivity contribution in [3.05, 3.63) is 71.4 Å². The molecule has 0 radical (unpaired) electrons. The Morgan fingerprint density at radius 2 is 1.94 bits per heavy atom. The van der Waals surface area contributed by atoms with Gasteiger partial charge in [0.15, 0.2) is 5.75 Å². The second-order valence-corrected chi connectivity index (χ2v) is 9.00. The van der Waals surface area contributed by atoms with Gasteiger partial charge in [0.25, 0.3) is 0 Å². The van der Waals surface area contributed by atoms with Crippen LogP contribution in [0.25, 0.3) is 0 Å². The fourth-order valence-electron chi connectivity index (χ4n) is 4.10. The quantitative estimate of drug-likeness (QED) is 0.436. The molecule has 1 aliphatic rings. The summed E-state index contributed by atoms with van der Waals surface area (Å²) in [4.78, 5) is 14.5. The monoisotopic (exact) mass is 498 g/mol. The number of furan rings is 1. The predicted molar refractivity (Wildman–Crippen MR) is 132 cm³/mol. The molecule has 192 valence electrons. The Hall–Kier alpha value is -3.56. The average molecular weight is 499 g/mol. The Kier molecular flexibility index (Phi) is 8.12. The zero-order valence-electron chi connectivity index (χ0n) is 20.6. The van der Waals surface area contributed by atoms with Crippen molar-refractivity contribution in [1.82, 2.24) is 4.90 Å². The first-order valence-corrected chi connectivity index (χ1v) is 11.9. The molecule has 3 aromatic rings. The van der Waals surface area contributed by atoms with Crippen LogP contribution in [0.5, 0.6) is 17.2 Å². The zero-order valence-corrected chi connectivity index (χ0v) is 20.6. The topological polar surface area (TPSA) is 93.4 Å². The minimum absolute atomic E-state index is 0.0233. The van der Waals surface area contributed by atoms with Crippen molar-refractivity contribution in [2.75, 3.05) is 31.6 Å². The normalized spacial score (nSPS) is 16.5. The van der Waals surface area contributed by atoms with Gasteiger partial charge in [0.05, 0.1) is 5.69 Å². The first-order valence-electron chi connectivity index (χ1n) is 11.9. The molecule has 0 aliphatic carbocycles. The van der Waals surface area contributed by atoms with Crippen molar-refractivity contribution in [3.8, 4) is 17.2 Å². The van der Waals surface area contributed by atoms with Crippen molar-refractivity contribution in [2.45, 2.75) is 39.4 Å². The maximum atomic E-state index is 13.1. The smallest absolute Gasteiger partial charge is 0.417 e. The Labute approximate surface area is 209 Å². The van der Waals surface area contributed by atoms with Gasteiger partial charge in [-0.05, 0) is 69.2 Å². The highest BCUT2D eigenvalue weighted by Gasteiger charge is 2.26. The number of hydrogen-bond acceptors (Lipinski definition) is 7. The van der Waals surface area contributed by atoms with Gasteiger partial charge < -0.3 is 23.7 Å². The molecule has 36 heavy (non-hydrogen) atoms. The van der Waals surface area contributed by atoms with Crippen molar-refractivity contribution in [3.63, 3.8) is 0 Å². The van der Waals surface area contributed by atoms with Gasteiger partial charge in [-0.15, -0.1) is 0 Å². The summed E-state index contributed by atoms with van der Waals surface area (Å²) in [5.41, 5.74) is 1.38. The van der Waals surface area contributed by atoms with E-state index in [0.717, 1.165) is 18.5 Å². The molecule has 1 aliphatic heterocycles. The maximum Gasteiger partial charge on any atom is 0.417 e. The number of anilines is 1. The SMILES string of the molecule is Cc1ccc(NC(=O)Oc2cc(C)oc2C)c(OCC(O)CN2CCC(Oc3ccc(F)cc3)C2)c1. The van der Waals surface area contributed by atoms with Crippen molar-refractivity contribution < 1.29 is 32.9 Å². The van der Waals surface area contributed by atoms with Gasteiger partial charge in [-0.2, -0.15) is 0 Å². The van der Waals surface area contributed by atoms with Crippen LogP contribution in [0, 0.1) is 26.6 Å². The van der Waals surface area contributed by atoms with Gasteiger partial charge in [-0.3, -0.25) is 10.2 Å². The van der Waals surface area contributed by atoms with Gasteiger partial charge in [-0.25, -0.2) is 9.18 Å². The second-order valence-electron chi connectivity index (χ2n) is 9.00. The van der Waals surface area contributed by atoms with Crippen molar-refractivity contribution >= 4 is 11.8 Å². The minimum atomic E-state index is -0.744. The summed E-state index contributed by atoms with van der Waals surface area (Å²) in [7, 11) is 0. The van der Waals surface area contributed by atoms with E-state index in [9.17, 15) is 14.3 Å². The van der Waals surface area contributed by atoms with Gasteiger partial charge in [-0.1, -0.05) is 6.07 Å². The number of nitrogens with zero attached hydrogens (tertiary/aromatic N) is 1. The molecular formula is C27H31FN2O6. The molecule has 0 saturated carbocycles. The third kappa shape index (κ3) is 6.99. The Balaban J connectivity index is 1.27. The van der Waals surface area contributed by atoms with E-state index in [1.165, 1.54) is 12.1 Å². The molecule has 1 aromatic heterocycles. The van der Waals surface area contributed by atoms with E-state index in [-0.39, 0.29) is 18.5 Å². The largest absolute Gasteiger partial charge is 0.489 e. The lowest BCUT2D eigenvalue weighted by Crippen LogP contribution is -2.35. The number of benzene rings is 2. The van der Waals surface area contributed by atoms with E-state index in [0.29, 0.717) is 47.5 Å². The number of β-amino-alcohol motifs (C(OH)–C–C–N with tert-alkyl or cyclic N) is 1. The van der Waals surface area contributed by atoms with Crippen LogP contribution in [0.15, 0.2) is 52.9 Å². The molecule has 2 atom stereocenters. The van der Waals surface area contributed by atoms with Crippen LogP contribution in [-0.2, 0) is 0 Å². The molecule has 2 heterocycles. The molecule has 1 fully saturated rings. The molecule has 1 amide bonds. The fraction of sp³-hybridized carbons (Fsp3) is 0.370. The molecule has 8 nitrogen and oxygen atoms in total. The van der Waals surface area contributed by atoms with Crippen LogP contribution >= 0.6 is 0 Å². The summed E-state index contributed by atoms with van der Waals surface area (Å²) in [6.45, 7) is 7.30. The summed E-state index contributed by atoms with van der Waals surface area (Å²) in [5.74, 6) is 2.27.